The molecule has 0 N–H and O–H groups in total. The van der Waals surface area contributed by atoms with E-state index in [2.05, 4.69) is 141 Å². The number of fused-ring (bicyclic) bond motifs is 3. The van der Waals surface area contributed by atoms with Crippen LogP contribution in [0.15, 0.2) is 71.9 Å². The second-order valence-electron chi connectivity index (χ2n) is 16.6. The summed E-state index contributed by atoms with van der Waals surface area (Å²) in [4.78, 5) is 10.3. The van der Waals surface area contributed by atoms with E-state index in [-0.39, 0.29) is 16.4 Å². The molecular weight excluding hydrogens is 587 g/mol. The van der Waals surface area contributed by atoms with Crippen LogP contribution >= 0.6 is 0 Å². The number of hydrogen-bond acceptors (Lipinski definition) is 3. The van der Waals surface area contributed by atoms with Gasteiger partial charge >= 0.3 is 0 Å². The molecule has 0 radical (unpaired) electrons. The molecular formula is C44H55N3O. The van der Waals surface area contributed by atoms with Crippen molar-refractivity contribution in [3.8, 4) is 16.9 Å². The van der Waals surface area contributed by atoms with Crippen LogP contribution in [0.3, 0.4) is 0 Å². The van der Waals surface area contributed by atoms with E-state index in [1.54, 1.807) is 0 Å². The Hall–Kier alpha value is -3.92. The molecule has 3 aromatic carbocycles. The van der Waals surface area contributed by atoms with Crippen molar-refractivity contribution in [1.82, 2.24) is 9.55 Å². The first-order chi connectivity index (χ1) is 22.6. The summed E-state index contributed by atoms with van der Waals surface area (Å²) in [5.74, 6) is 1.29. The van der Waals surface area contributed by atoms with Gasteiger partial charge in [0.05, 0.1) is 22.3 Å². The lowest BCUT2D eigenvalue weighted by Gasteiger charge is -2.29. The minimum Gasteiger partial charge on any atom is -0.475 e. The van der Waals surface area contributed by atoms with Crippen molar-refractivity contribution >= 4 is 27.7 Å². The van der Waals surface area contributed by atoms with E-state index in [0.717, 1.165) is 22.8 Å². The standard InChI is InChI=1S/C44H55N3O/c1-12-14-31(15-13-2)44(11)27-48-41(46-44)30-22-33(43(8,9)10)24-34(23-30)47-39-17-16-28(3)20-36(39)37-21-29(4)35(26-40(37)47)38-25-32(18-19-45-38)42(5,6)7/h16-26,31H,12-15,27H2,1-11H3/t44-/m0/s1. The van der Waals surface area contributed by atoms with Gasteiger partial charge in [0.1, 0.15) is 6.61 Å². The van der Waals surface area contributed by atoms with E-state index in [1.807, 2.05) is 6.20 Å². The fourth-order valence-electron chi connectivity index (χ4n) is 7.51. The maximum atomic E-state index is 6.52. The van der Waals surface area contributed by atoms with Crippen molar-refractivity contribution in [3.05, 3.63) is 94.7 Å². The minimum absolute atomic E-state index is 0.0418. The van der Waals surface area contributed by atoms with Gasteiger partial charge in [-0.3, -0.25) is 4.98 Å². The smallest absolute Gasteiger partial charge is 0.216 e. The zero-order valence-corrected chi connectivity index (χ0v) is 31.2. The summed E-state index contributed by atoms with van der Waals surface area (Å²) in [5.41, 5.74) is 11.6. The van der Waals surface area contributed by atoms with Gasteiger partial charge in [0, 0.05) is 33.8 Å². The van der Waals surface area contributed by atoms with E-state index in [0.29, 0.717) is 12.5 Å². The molecule has 6 rings (SSSR count). The number of hydrogen-bond donors (Lipinski definition) is 0. The lowest BCUT2D eigenvalue weighted by Crippen LogP contribution is -2.34. The highest BCUT2D eigenvalue weighted by Crippen LogP contribution is 2.40. The van der Waals surface area contributed by atoms with Gasteiger partial charge < -0.3 is 9.30 Å². The molecule has 3 heterocycles. The molecule has 0 saturated heterocycles. The summed E-state index contributed by atoms with van der Waals surface area (Å²) in [6.07, 6.45) is 6.64. The number of benzene rings is 3. The van der Waals surface area contributed by atoms with E-state index in [1.165, 1.54) is 75.3 Å². The molecule has 48 heavy (non-hydrogen) atoms. The van der Waals surface area contributed by atoms with Gasteiger partial charge in [-0.25, -0.2) is 4.99 Å². The second-order valence-corrected chi connectivity index (χ2v) is 16.6. The Bertz CT molecular complexity index is 2010. The molecule has 0 aliphatic carbocycles. The fraction of sp³-hybridized carbons (Fsp3) is 0.455. The topological polar surface area (TPSA) is 39.4 Å². The maximum Gasteiger partial charge on any atom is 0.216 e. The molecule has 0 bridgehead atoms. The van der Waals surface area contributed by atoms with Crippen molar-refractivity contribution in [2.45, 2.75) is 118 Å². The first-order valence-electron chi connectivity index (χ1n) is 18.0. The van der Waals surface area contributed by atoms with Crippen molar-refractivity contribution in [2.24, 2.45) is 10.9 Å². The Morgan fingerprint density at radius 2 is 1.48 bits per heavy atom. The first kappa shape index (κ1) is 34.0. The summed E-state index contributed by atoms with van der Waals surface area (Å²) in [7, 11) is 0. The third-order valence-electron chi connectivity index (χ3n) is 10.5. The number of ether oxygens (including phenoxy) is 1. The summed E-state index contributed by atoms with van der Waals surface area (Å²) in [6.45, 7) is 25.6. The molecule has 4 heteroatoms. The highest BCUT2D eigenvalue weighted by molar-refractivity contribution is 6.11. The maximum absolute atomic E-state index is 6.52. The average Bonchev–Trinajstić information content (AvgIpc) is 3.58. The number of aliphatic imine (C=N–C) groups is 1. The Balaban J connectivity index is 1.60. The van der Waals surface area contributed by atoms with Crippen LogP contribution in [-0.2, 0) is 15.6 Å². The average molecular weight is 642 g/mol. The van der Waals surface area contributed by atoms with E-state index >= 15 is 0 Å². The molecule has 0 spiro atoms. The van der Waals surface area contributed by atoms with Crippen LogP contribution in [0.1, 0.15) is 116 Å². The molecule has 0 amide bonds. The third kappa shape index (κ3) is 6.31. The largest absolute Gasteiger partial charge is 0.475 e. The van der Waals surface area contributed by atoms with Crippen LogP contribution in [0.25, 0.3) is 38.8 Å². The third-order valence-corrected chi connectivity index (χ3v) is 10.5. The predicted molar refractivity (Wildman–Crippen MR) is 205 cm³/mol. The Labute approximate surface area is 288 Å². The Morgan fingerprint density at radius 1 is 0.792 bits per heavy atom. The van der Waals surface area contributed by atoms with Crippen molar-refractivity contribution in [2.75, 3.05) is 6.61 Å². The van der Waals surface area contributed by atoms with Crippen LogP contribution in [0.4, 0.5) is 0 Å². The molecule has 2 aromatic heterocycles. The van der Waals surface area contributed by atoms with Crippen LogP contribution in [-0.4, -0.2) is 27.6 Å². The SMILES string of the molecule is CCCC(CCC)[C@]1(C)COC(c2cc(-n3c4ccc(C)cc4c4cc(C)c(-c5cc(C(C)(C)C)ccn5)cc43)cc(C(C)(C)C)c2)=N1. The number of aryl methyl sites for hydroxylation is 2. The first-order valence-corrected chi connectivity index (χ1v) is 18.0. The molecule has 0 unspecified atom stereocenters. The predicted octanol–water partition coefficient (Wildman–Crippen LogP) is 11.8. The Morgan fingerprint density at radius 3 is 2.15 bits per heavy atom. The zero-order chi connectivity index (χ0) is 34.6. The van der Waals surface area contributed by atoms with Crippen LogP contribution in [0, 0.1) is 19.8 Å². The number of nitrogens with zero attached hydrogens (tertiary/aromatic N) is 3. The molecule has 4 nitrogen and oxygen atoms in total. The van der Waals surface area contributed by atoms with E-state index in [4.69, 9.17) is 14.7 Å². The van der Waals surface area contributed by atoms with Gasteiger partial charge in [-0.1, -0.05) is 79.9 Å². The molecule has 0 fully saturated rings. The molecule has 1 aliphatic heterocycles. The fourth-order valence-corrected chi connectivity index (χ4v) is 7.51. The van der Waals surface area contributed by atoms with Crippen molar-refractivity contribution in [1.29, 1.82) is 0 Å². The molecule has 1 atom stereocenters. The molecule has 1 aliphatic rings. The lowest BCUT2D eigenvalue weighted by molar-refractivity contribution is 0.188. The van der Waals surface area contributed by atoms with Crippen LogP contribution in [0.2, 0.25) is 0 Å². The van der Waals surface area contributed by atoms with Crippen LogP contribution < -0.4 is 0 Å². The summed E-state index contributed by atoms with van der Waals surface area (Å²) in [5, 5.41) is 2.52. The normalized spacial score (nSPS) is 17.0. The molecule has 5 aromatic rings. The monoisotopic (exact) mass is 641 g/mol. The van der Waals surface area contributed by atoms with Crippen LogP contribution in [0.5, 0.6) is 0 Å². The Kier molecular flexibility index (Phi) is 8.85. The second kappa shape index (κ2) is 12.5. The summed E-state index contributed by atoms with van der Waals surface area (Å²) < 4.78 is 8.97. The van der Waals surface area contributed by atoms with E-state index in [9.17, 15) is 0 Å². The van der Waals surface area contributed by atoms with E-state index < -0.39 is 0 Å². The van der Waals surface area contributed by atoms with Gasteiger partial charge in [-0.15, -0.1) is 0 Å². The van der Waals surface area contributed by atoms with Gasteiger partial charge in [0.15, 0.2) is 0 Å². The molecule has 0 saturated carbocycles. The number of rotatable bonds is 8. The van der Waals surface area contributed by atoms with Gasteiger partial charge in [0.2, 0.25) is 5.90 Å². The van der Waals surface area contributed by atoms with Crippen molar-refractivity contribution in [3.63, 3.8) is 0 Å². The number of aromatic nitrogens is 2. The summed E-state index contributed by atoms with van der Waals surface area (Å²) >= 11 is 0. The zero-order valence-electron chi connectivity index (χ0n) is 31.2. The highest BCUT2D eigenvalue weighted by Gasteiger charge is 2.39. The summed E-state index contributed by atoms with van der Waals surface area (Å²) in [6, 6.07) is 22.9. The quantitative estimate of drug-likeness (QED) is 0.169. The van der Waals surface area contributed by atoms with Gasteiger partial charge in [-0.2, -0.15) is 0 Å². The van der Waals surface area contributed by atoms with Crippen molar-refractivity contribution < 1.29 is 4.74 Å². The van der Waals surface area contributed by atoms with Gasteiger partial charge in [0.25, 0.3) is 0 Å². The highest BCUT2D eigenvalue weighted by atomic mass is 16.5. The molecule has 252 valence electrons. The lowest BCUT2D eigenvalue weighted by atomic mass is 9.81. The number of pyridine rings is 1. The minimum atomic E-state index is -0.204. The van der Waals surface area contributed by atoms with Gasteiger partial charge in [-0.05, 0) is 122 Å².